The molecule has 7 heteroatoms. The van der Waals surface area contributed by atoms with Crippen molar-refractivity contribution in [1.82, 2.24) is 0 Å². The highest BCUT2D eigenvalue weighted by Crippen LogP contribution is 2.48. The standard InChI is InChI=1S/C15H10F3NO3/c16-15(17,18)7-3-1-2-4-8(7)19-13(20)11-9-5-6-10(22-9)12(11)14(19)21/h1-6,9-12H/t9-,10-,11-,12-/m1/s1. The monoisotopic (exact) mass is 309 g/mol. The van der Waals surface area contributed by atoms with E-state index in [0.29, 0.717) is 4.90 Å². The average molecular weight is 309 g/mol. The molecule has 0 N–H and O–H groups in total. The van der Waals surface area contributed by atoms with Gasteiger partial charge in [0.05, 0.1) is 35.3 Å². The van der Waals surface area contributed by atoms with Crippen molar-refractivity contribution in [3.8, 4) is 0 Å². The fourth-order valence-corrected chi connectivity index (χ4v) is 3.45. The predicted octanol–water partition coefficient (Wildman–Crippen LogP) is 2.15. The number of para-hydroxylation sites is 1. The van der Waals surface area contributed by atoms with E-state index < -0.39 is 53.3 Å². The van der Waals surface area contributed by atoms with Crippen molar-refractivity contribution in [2.24, 2.45) is 11.8 Å². The maximum Gasteiger partial charge on any atom is 0.418 e. The lowest BCUT2D eigenvalue weighted by Gasteiger charge is -2.21. The number of rotatable bonds is 1. The molecule has 2 fully saturated rings. The molecule has 0 saturated carbocycles. The third-order valence-electron chi connectivity index (χ3n) is 4.36. The number of nitrogens with zero attached hydrogens (tertiary/aromatic N) is 1. The van der Waals surface area contributed by atoms with Gasteiger partial charge in [-0.1, -0.05) is 24.3 Å². The molecule has 0 aromatic heterocycles. The van der Waals surface area contributed by atoms with Gasteiger partial charge in [-0.2, -0.15) is 13.2 Å². The molecule has 22 heavy (non-hydrogen) atoms. The minimum absolute atomic E-state index is 0.404. The van der Waals surface area contributed by atoms with Gasteiger partial charge in [0, 0.05) is 0 Å². The van der Waals surface area contributed by atoms with Gasteiger partial charge in [-0.25, -0.2) is 4.90 Å². The van der Waals surface area contributed by atoms with Crippen molar-refractivity contribution >= 4 is 17.5 Å². The molecule has 4 rings (SSSR count). The molecule has 1 aromatic carbocycles. The van der Waals surface area contributed by atoms with Crippen molar-refractivity contribution in [2.45, 2.75) is 18.4 Å². The zero-order chi connectivity index (χ0) is 15.6. The number of hydrogen-bond donors (Lipinski definition) is 0. The van der Waals surface area contributed by atoms with Crippen LogP contribution in [0.3, 0.4) is 0 Å². The number of anilines is 1. The second-order valence-electron chi connectivity index (χ2n) is 5.53. The van der Waals surface area contributed by atoms with Crippen molar-refractivity contribution in [1.29, 1.82) is 0 Å². The summed E-state index contributed by atoms with van der Waals surface area (Å²) in [6, 6.07) is 4.62. The van der Waals surface area contributed by atoms with Crippen molar-refractivity contribution in [2.75, 3.05) is 4.90 Å². The molecule has 114 valence electrons. The fourth-order valence-electron chi connectivity index (χ4n) is 3.45. The van der Waals surface area contributed by atoms with Crippen molar-refractivity contribution < 1.29 is 27.5 Å². The number of carbonyl (C=O) groups is 2. The summed E-state index contributed by atoms with van der Waals surface area (Å²) in [5, 5.41) is 0. The summed E-state index contributed by atoms with van der Waals surface area (Å²) in [6.45, 7) is 0. The summed E-state index contributed by atoms with van der Waals surface area (Å²) in [5.74, 6) is -2.68. The third kappa shape index (κ3) is 1.62. The average Bonchev–Trinajstić information content (AvgIpc) is 3.12. The van der Waals surface area contributed by atoms with Gasteiger partial charge < -0.3 is 4.74 Å². The van der Waals surface area contributed by atoms with Crippen LogP contribution in [0.15, 0.2) is 36.4 Å². The Hall–Kier alpha value is -2.15. The van der Waals surface area contributed by atoms with E-state index in [2.05, 4.69) is 0 Å². The molecule has 4 atom stereocenters. The Bertz CT molecular complexity index is 682. The molecule has 3 aliphatic rings. The van der Waals surface area contributed by atoms with Crippen molar-refractivity contribution in [3.63, 3.8) is 0 Å². The molecule has 4 nitrogen and oxygen atoms in total. The number of halogens is 3. The van der Waals surface area contributed by atoms with Gasteiger partial charge in [0.25, 0.3) is 0 Å². The zero-order valence-electron chi connectivity index (χ0n) is 11.1. The second-order valence-corrected chi connectivity index (χ2v) is 5.53. The lowest BCUT2D eigenvalue weighted by molar-refractivity contribution is -0.137. The highest BCUT2D eigenvalue weighted by atomic mass is 19.4. The van der Waals surface area contributed by atoms with Gasteiger partial charge in [-0.3, -0.25) is 9.59 Å². The Morgan fingerprint density at radius 3 is 2.05 bits per heavy atom. The van der Waals surface area contributed by atoms with Crippen molar-refractivity contribution in [3.05, 3.63) is 42.0 Å². The van der Waals surface area contributed by atoms with E-state index in [4.69, 9.17) is 4.74 Å². The van der Waals surface area contributed by atoms with Crippen LogP contribution in [0, 0.1) is 11.8 Å². The summed E-state index contributed by atoms with van der Waals surface area (Å²) in [7, 11) is 0. The van der Waals surface area contributed by atoms with E-state index in [1.165, 1.54) is 12.1 Å². The normalized spacial score (nSPS) is 33.0. The maximum atomic E-state index is 13.1. The van der Waals surface area contributed by atoms with E-state index in [-0.39, 0.29) is 0 Å². The first-order valence-corrected chi connectivity index (χ1v) is 6.77. The Morgan fingerprint density at radius 2 is 1.50 bits per heavy atom. The lowest BCUT2D eigenvalue weighted by Crippen LogP contribution is -2.35. The first-order valence-electron chi connectivity index (χ1n) is 6.77. The largest absolute Gasteiger partial charge is 0.418 e. The minimum Gasteiger partial charge on any atom is -0.365 e. The van der Waals surface area contributed by atoms with Gasteiger partial charge in [0.2, 0.25) is 11.8 Å². The lowest BCUT2D eigenvalue weighted by atomic mass is 9.85. The van der Waals surface area contributed by atoms with Crippen LogP contribution in [0.25, 0.3) is 0 Å². The van der Waals surface area contributed by atoms with Crippen LogP contribution >= 0.6 is 0 Å². The molecular weight excluding hydrogens is 299 g/mol. The molecular formula is C15H10F3NO3. The van der Waals surface area contributed by atoms with Crippen LogP contribution in [0.5, 0.6) is 0 Å². The molecule has 2 bridgehead atoms. The van der Waals surface area contributed by atoms with Crippen LogP contribution in [0.4, 0.5) is 18.9 Å². The molecule has 2 amide bonds. The summed E-state index contributed by atoms with van der Waals surface area (Å²) in [4.78, 5) is 25.7. The van der Waals surface area contributed by atoms with Crippen LogP contribution in [-0.4, -0.2) is 24.0 Å². The molecule has 0 aliphatic carbocycles. The smallest absolute Gasteiger partial charge is 0.365 e. The molecule has 3 aliphatic heterocycles. The summed E-state index contributed by atoms with van der Waals surface area (Å²) >= 11 is 0. The van der Waals surface area contributed by atoms with E-state index in [1.807, 2.05) is 0 Å². The van der Waals surface area contributed by atoms with Gasteiger partial charge >= 0.3 is 6.18 Å². The first kappa shape index (κ1) is 13.5. The topological polar surface area (TPSA) is 46.6 Å². The van der Waals surface area contributed by atoms with Crippen LogP contribution < -0.4 is 4.90 Å². The first-order chi connectivity index (χ1) is 10.4. The number of alkyl halides is 3. The fraction of sp³-hybridized carbons (Fsp3) is 0.333. The molecule has 0 radical (unpaired) electrons. The Kier molecular flexibility index (Phi) is 2.57. The zero-order valence-corrected chi connectivity index (χ0v) is 11.1. The Morgan fingerprint density at radius 1 is 0.955 bits per heavy atom. The predicted molar refractivity (Wildman–Crippen MR) is 68.7 cm³/mol. The number of carbonyl (C=O) groups excluding carboxylic acids is 2. The van der Waals surface area contributed by atoms with E-state index in [9.17, 15) is 22.8 Å². The molecule has 2 saturated heterocycles. The van der Waals surface area contributed by atoms with E-state index >= 15 is 0 Å². The maximum absolute atomic E-state index is 13.1. The SMILES string of the molecule is O=C1[C@H]2[C@H](C(=O)N1c1ccccc1C(F)(F)F)[C@H]1C=C[C@H]2O1. The number of ether oxygens (including phenoxy) is 1. The summed E-state index contributed by atoms with van der Waals surface area (Å²) < 4.78 is 44.8. The Balaban J connectivity index is 1.80. The molecule has 0 unspecified atom stereocenters. The minimum atomic E-state index is -4.64. The van der Waals surface area contributed by atoms with Crippen LogP contribution in [0.2, 0.25) is 0 Å². The highest BCUT2D eigenvalue weighted by Gasteiger charge is 2.61. The van der Waals surface area contributed by atoms with Gasteiger partial charge in [-0.05, 0) is 12.1 Å². The number of hydrogen-bond acceptors (Lipinski definition) is 3. The van der Waals surface area contributed by atoms with E-state index in [0.717, 1.165) is 12.1 Å². The summed E-state index contributed by atoms with van der Waals surface area (Å²) in [5.41, 5.74) is -1.39. The number of imide groups is 1. The molecule has 1 aromatic rings. The number of fused-ring (bicyclic) bond motifs is 5. The van der Waals surface area contributed by atoms with Gasteiger partial charge in [0.1, 0.15) is 0 Å². The second kappa shape index (κ2) is 4.19. The van der Waals surface area contributed by atoms with E-state index in [1.54, 1.807) is 12.2 Å². The van der Waals surface area contributed by atoms with Crippen LogP contribution in [-0.2, 0) is 20.5 Å². The molecule has 3 heterocycles. The number of benzene rings is 1. The quantitative estimate of drug-likeness (QED) is 0.590. The number of amides is 2. The third-order valence-corrected chi connectivity index (χ3v) is 4.36. The van der Waals surface area contributed by atoms with Crippen LogP contribution in [0.1, 0.15) is 5.56 Å². The van der Waals surface area contributed by atoms with Gasteiger partial charge in [0.15, 0.2) is 0 Å². The summed E-state index contributed by atoms with van der Waals surface area (Å²) in [6.07, 6.45) is -2.29. The molecule has 0 spiro atoms. The Labute approximate surface area is 123 Å². The van der Waals surface area contributed by atoms with Gasteiger partial charge in [-0.15, -0.1) is 0 Å². The highest BCUT2D eigenvalue weighted by molar-refractivity contribution is 6.23.